The highest BCUT2D eigenvalue weighted by molar-refractivity contribution is 5.89. The van der Waals surface area contributed by atoms with Crippen molar-refractivity contribution in [1.29, 1.82) is 0 Å². The molecule has 108 valence electrons. The monoisotopic (exact) mass is 275 g/mol. The van der Waals surface area contributed by atoms with Crippen molar-refractivity contribution in [2.75, 3.05) is 12.4 Å². The van der Waals surface area contributed by atoms with Crippen molar-refractivity contribution in [3.05, 3.63) is 30.3 Å². The molecule has 0 saturated heterocycles. The molecule has 1 aliphatic carbocycles. The van der Waals surface area contributed by atoms with Gasteiger partial charge in [0.25, 0.3) is 0 Å². The van der Waals surface area contributed by atoms with Crippen LogP contribution in [0.1, 0.15) is 25.7 Å². The Labute approximate surface area is 119 Å². The highest BCUT2D eigenvalue weighted by Crippen LogP contribution is 2.24. The number of carbonyl (C=O) groups excluding carboxylic acids is 2. The summed E-state index contributed by atoms with van der Waals surface area (Å²) >= 11 is 0. The Morgan fingerprint density at radius 2 is 1.70 bits per heavy atom. The van der Waals surface area contributed by atoms with Gasteiger partial charge in [0.05, 0.1) is 0 Å². The SMILES string of the molecule is CNC(=O)C1CCC(NC(=O)Nc2ccccc2)CC1. The second-order valence-electron chi connectivity index (χ2n) is 5.13. The van der Waals surface area contributed by atoms with Crippen LogP contribution in [-0.2, 0) is 4.79 Å². The predicted octanol–water partition coefficient (Wildman–Crippen LogP) is 2.11. The Balaban J connectivity index is 1.75. The summed E-state index contributed by atoms with van der Waals surface area (Å²) in [5.74, 6) is 0.201. The molecule has 0 unspecified atom stereocenters. The van der Waals surface area contributed by atoms with E-state index in [-0.39, 0.29) is 23.9 Å². The van der Waals surface area contributed by atoms with E-state index in [1.807, 2.05) is 30.3 Å². The van der Waals surface area contributed by atoms with Crippen LogP contribution in [0.15, 0.2) is 30.3 Å². The van der Waals surface area contributed by atoms with Crippen LogP contribution in [0, 0.1) is 5.92 Å². The maximum Gasteiger partial charge on any atom is 0.319 e. The number of hydrogen-bond acceptors (Lipinski definition) is 2. The molecule has 0 heterocycles. The molecule has 3 N–H and O–H groups in total. The molecule has 1 saturated carbocycles. The average Bonchev–Trinajstić information content (AvgIpc) is 2.48. The van der Waals surface area contributed by atoms with E-state index >= 15 is 0 Å². The largest absolute Gasteiger partial charge is 0.359 e. The van der Waals surface area contributed by atoms with E-state index in [9.17, 15) is 9.59 Å². The van der Waals surface area contributed by atoms with Gasteiger partial charge in [-0.25, -0.2) is 4.79 Å². The number of benzene rings is 1. The van der Waals surface area contributed by atoms with Gasteiger partial charge in [-0.3, -0.25) is 4.79 Å². The molecule has 0 spiro atoms. The lowest BCUT2D eigenvalue weighted by molar-refractivity contribution is -0.125. The van der Waals surface area contributed by atoms with Crippen LogP contribution in [0.2, 0.25) is 0 Å². The lowest BCUT2D eigenvalue weighted by atomic mass is 9.85. The van der Waals surface area contributed by atoms with Gasteiger partial charge in [-0.15, -0.1) is 0 Å². The van der Waals surface area contributed by atoms with E-state index in [2.05, 4.69) is 16.0 Å². The molecule has 5 heteroatoms. The van der Waals surface area contributed by atoms with E-state index in [1.165, 1.54) is 0 Å². The van der Waals surface area contributed by atoms with Crippen molar-refractivity contribution in [2.45, 2.75) is 31.7 Å². The Hall–Kier alpha value is -2.04. The fourth-order valence-electron chi connectivity index (χ4n) is 2.58. The maximum absolute atomic E-state index is 11.9. The summed E-state index contributed by atoms with van der Waals surface area (Å²) in [5, 5.41) is 8.45. The van der Waals surface area contributed by atoms with Crippen molar-refractivity contribution in [1.82, 2.24) is 10.6 Å². The van der Waals surface area contributed by atoms with Crippen molar-refractivity contribution in [3.63, 3.8) is 0 Å². The zero-order valence-corrected chi connectivity index (χ0v) is 11.7. The van der Waals surface area contributed by atoms with Gasteiger partial charge in [-0.1, -0.05) is 18.2 Å². The molecule has 0 bridgehead atoms. The molecule has 1 aliphatic rings. The second kappa shape index (κ2) is 6.93. The summed E-state index contributed by atoms with van der Waals surface area (Å²) in [5.41, 5.74) is 0.782. The number of rotatable bonds is 3. The van der Waals surface area contributed by atoms with Gasteiger partial charge in [0.15, 0.2) is 0 Å². The molecule has 0 aliphatic heterocycles. The lowest BCUT2D eigenvalue weighted by Gasteiger charge is -2.28. The smallest absolute Gasteiger partial charge is 0.319 e. The topological polar surface area (TPSA) is 70.2 Å². The first kappa shape index (κ1) is 14.4. The summed E-state index contributed by atoms with van der Waals surface area (Å²) < 4.78 is 0. The number of para-hydroxylation sites is 1. The molecule has 0 atom stereocenters. The molecule has 0 aromatic heterocycles. The van der Waals surface area contributed by atoms with Crippen LogP contribution >= 0.6 is 0 Å². The second-order valence-corrected chi connectivity index (χ2v) is 5.13. The minimum absolute atomic E-state index is 0.0928. The van der Waals surface area contributed by atoms with Crippen molar-refractivity contribution in [2.24, 2.45) is 5.92 Å². The zero-order chi connectivity index (χ0) is 14.4. The Morgan fingerprint density at radius 3 is 2.30 bits per heavy atom. The van der Waals surface area contributed by atoms with Crippen LogP contribution in [0.5, 0.6) is 0 Å². The Morgan fingerprint density at radius 1 is 1.05 bits per heavy atom. The zero-order valence-electron chi connectivity index (χ0n) is 11.7. The summed E-state index contributed by atoms with van der Waals surface area (Å²) in [6, 6.07) is 9.33. The number of amides is 3. The summed E-state index contributed by atoms with van der Waals surface area (Å²) in [4.78, 5) is 23.4. The molecule has 1 aromatic carbocycles. The van der Waals surface area contributed by atoms with Crippen molar-refractivity contribution < 1.29 is 9.59 Å². The molecule has 0 radical (unpaired) electrons. The number of nitrogens with one attached hydrogen (secondary N) is 3. The number of urea groups is 1. The molecular weight excluding hydrogens is 254 g/mol. The lowest BCUT2D eigenvalue weighted by Crippen LogP contribution is -2.42. The Kier molecular flexibility index (Phi) is 4.98. The van der Waals surface area contributed by atoms with E-state index in [1.54, 1.807) is 7.05 Å². The minimum Gasteiger partial charge on any atom is -0.359 e. The maximum atomic E-state index is 11.9. The van der Waals surface area contributed by atoms with Crippen molar-refractivity contribution in [3.8, 4) is 0 Å². The van der Waals surface area contributed by atoms with Gasteiger partial charge in [-0.05, 0) is 37.8 Å². The van der Waals surface area contributed by atoms with Crippen LogP contribution in [0.4, 0.5) is 10.5 Å². The van der Waals surface area contributed by atoms with Gasteiger partial charge < -0.3 is 16.0 Å². The first-order valence-electron chi connectivity index (χ1n) is 7.03. The summed E-state index contributed by atoms with van der Waals surface area (Å²) in [7, 11) is 1.67. The van der Waals surface area contributed by atoms with Gasteiger partial charge in [0.2, 0.25) is 5.91 Å². The first-order valence-corrected chi connectivity index (χ1v) is 7.03. The molecule has 1 fully saturated rings. The number of hydrogen-bond donors (Lipinski definition) is 3. The highest BCUT2D eigenvalue weighted by atomic mass is 16.2. The molecule has 2 rings (SSSR count). The van der Waals surface area contributed by atoms with Gasteiger partial charge in [0.1, 0.15) is 0 Å². The molecule has 1 aromatic rings. The fraction of sp³-hybridized carbons (Fsp3) is 0.467. The third-order valence-corrected chi connectivity index (χ3v) is 3.71. The highest BCUT2D eigenvalue weighted by Gasteiger charge is 2.26. The van der Waals surface area contributed by atoms with Gasteiger partial charge >= 0.3 is 6.03 Å². The number of carbonyl (C=O) groups is 2. The van der Waals surface area contributed by atoms with E-state index in [0.717, 1.165) is 31.4 Å². The third-order valence-electron chi connectivity index (χ3n) is 3.71. The van der Waals surface area contributed by atoms with Gasteiger partial charge in [-0.2, -0.15) is 0 Å². The quantitative estimate of drug-likeness (QED) is 0.790. The normalized spacial score (nSPS) is 21.9. The molecule has 20 heavy (non-hydrogen) atoms. The van der Waals surface area contributed by atoms with Crippen LogP contribution in [0.3, 0.4) is 0 Å². The Bertz CT molecular complexity index is 453. The van der Waals surface area contributed by atoms with E-state index in [4.69, 9.17) is 0 Å². The summed E-state index contributed by atoms with van der Waals surface area (Å²) in [6.07, 6.45) is 3.35. The van der Waals surface area contributed by atoms with Gasteiger partial charge in [0, 0.05) is 24.7 Å². The average molecular weight is 275 g/mol. The summed E-state index contributed by atoms with van der Waals surface area (Å²) in [6.45, 7) is 0. The minimum atomic E-state index is -0.181. The van der Waals surface area contributed by atoms with E-state index < -0.39 is 0 Å². The van der Waals surface area contributed by atoms with E-state index in [0.29, 0.717) is 0 Å². The fourth-order valence-corrected chi connectivity index (χ4v) is 2.58. The molecule has 5 nitrogen and oxygen atoms in total. The van der Waals surface area contributed by atoms with Crippen LogP contribution in [-0.4, -0.2) is 25.0 Å². The molecule has 3 amide bonds. The van der Waals surface area contributed by atoms with Crippen LogP contribution in [0.25, 0.3) is 0 Å². The third kappa shape index (κ3) is 3.98. The van der Waals surface area contributed by atoms with Crippen molar-refractivity contribution >= 4 is 17.6 Å². The number of anilines is 1. The standard InChI is InChI=1S/C15H21N3O2/c1-16-14(19)11-7-9-13(10-8-11)18-15(20)17-12-5-3-2-4-6-12/h2-6,11,13H,7-10H2,1H3,(H,16,19)(H2,17,18,20). The predicted molar refractivity (Wildman–Crippen MR) is 78.4 cm³/mol. The first-order chi connectivity index (χ1) is 9.69. The van der Waals surface area contributed by atoms with Crippen LogP contribution < -0.4 is 16.0 Å². The molecular formula is C15H21N3O2.